The van der Waals surface area contributed by atoms with Crippen molar-refractivity contribution in [3.63, 3.8) is 0 Å². The van der Waals surface area contributed by atoms with Crippen LogP contribution < -0.4 is 5.32 Å². The van der Waals surface area contributed by atoms with Crippen LogP contribution in [0.4, 0.5) is 4.79 Å². The number of carboxylic acid groups (broad SMARTS) is 1. The van der Waals surface area contributed by atoms with Crippen LogP contribution in [0.3, 0.4) is 0 Å². The van der Waals surface area contributed by atoms with Crippen LogP contribution in [0.15, 0.2) is 60.1 Å². The number of amides is 1. The van der Waals surface area contributed by atoms with Crippen LogP contribution >= 0.6 is 11.3 Å². The maximum atomic E-state index is 12.4. The van der Waals surface area contributed by atoms with E-state index in [1.54, 1.807) is 11.6 Å². The third-order valence-corrected chi connectivity index (χ3v) is 5.65. The van der Waals surface area contributed by atoms with Crippen molar-refractivity contribution in [2.75, 3.05) is 6.61 Å². The number of aliphatic carboxylic acids is 1. The molecule has 1 heterocycles. The van der Waals surface area contributed by atoms with Gasteiger partial charge in [0.1, 0.15) is 11.6 Å². The second-order valence-electron chi connectivity index (χ2n) is 6.49. The summed E-state index contributed by atoms with van der Waals surface area (Å²) in [4.78, 5) is 27.6. The van der Waals surface area contributed by atoms with Crippen LogP contribution in [-0.4, -0.2) is 28.8 Å². The van der Waals surface area contributed by atoms with Crippen LogP contribution in [0, 0.1) is 0 Å². The number of aromatic nitrogens is 1. The molecular formula is C21H18N2O4S. The van der Waals surface area contributed by atoms with E-state index in [2.05, 4.69) is 22.4 Å². The fourth-order valence-electron chi connectivity index (χ4n) is 3.56. The molecule has 1 amide bonds. The molecule has 0 bridgehead atoms. The molecule has 6 nitrogen and oxygen atoms in total. The quantitative estimate of drug-likeness (QED) is 0.654. The number of carbonyl (C=O) groups is 2. The van der Waals surface area contributed by atoms with Gasteiger partial charge in [0.05, 0.1) is 12.5 Å². The highest BCUT2D eigenvalue weighted by atomic mass is 32.1. The van der Waals surface area contributed by atoms with E-state index >= 15 is 0 Å². The lowest BCUT2D eigenvalue weighted by Gasteiger charge is -2.17. The molecule has 4 rings (SSSR count). The summed E-state index contributed by atoms with van der Waals surface area (Å²) in [5.41, 5.74) is 4.55. The fourth-order valence-corrected chi connectivity index (χ4v) is 4.25. The summed E-state index contributed by atoms with van der Waals surface area (Å²) in [6.07, 6.45) is 0.676. The Morgan fingerprint density at radius 3 is 2.32 bits per heavy atom. The summed E-state index contributed by atoms with van der Waals surface area (Å²) < 4.78 is 5.48. The van der Waals surface area contributed by atoms with E-state index in [1.165, 1.54) is 11.3 Å². The fraction of sp³-hybridized carbons (Fsp3) is 0.190. The number of thiazole rings is 1. The largest absolute Gasteiger partial charge is 0.481 e. The van der Waals surface area contributed by atoms with E-state index in [0.29, 0.717) is 5.01 Å². The van der Waals surface area contributed by atoms with Crippen molar-refractivity contribution in [1.82, 2.24) is 10.3 Å². The molecule has 2 aromatic carbocycles. The monoisotopic (exact) mass is 394 g/mol. The Morgan fingerprint density at radius 2 is 1.75 bits per heavy atom. The molecule has 0 saturated carbocycles. The molecule has 1 aromatic heterocycles. The maximum Gasteiger partial charge on any atom is 0.407 e. The van der Waals surface area contributed by atoms with Gasteiger partial charge in [-0.05, 0) is 22.3 Å². The van der Waals surface area contributed by atoms with Gasteiger partial charge in [0.2, 0.25) is 0 Å². The van der Waals surface area contributed by atoms with E-state index < -0.39 is 18.1 Å². The van der Waals surface area contributed by atoms with Gasteiger partial charge in [-0.3, -0.25) is 4.79 Å². The lowest BCUT2D eigenvalue weighted by Crippen LogP contribution is -2.31. The highest BCUT2D eigenvalue weighted by Gasteiger charge is 2.29. The normalized spacial score (nSPS) is 13.4. The van der Waals surface area contributed by atoms with Gasteiger partial charge in [0.25, 0.3) is 0 Å². The molecule has 142 valence electrons. The first kappa shape index (κ1) is 18.2. The smallest absolute Gasteiger partial charge is 0.407 e. The van der Waals surface area contributed by atoms with Gasteiger partial charge in [-0.15, -0.1) is 11.3 Å². The van der Waals surface area contributed by atoms with E-state index in [4.69, 9.17) is 9.84 Å². The highest BCUT2D eigenvalue weighted by Crippen LogP contribution is 2.44. The number of nitrogens with one attached hydrogen (secondary N) is 1. The van der Waals surface area contributed by atoms with Crippen LogP contribution in [0.2, 0.25) is 0 Å². The summed E-state index contributed by atoms with van der Waals surface area (Å²) in [5.74, 6) is -1.06. The zero-order chi connectivity index (χ0) is 19.5. The van der Waals surface area contributed by atoms with Crippen molar-refractivity contribution in [3.8, 4) is 11.1 Å². The molecule has 3 aromatic rings. The first-order valence-electron chi connectivity index (χ1n) is 8.86. The molecule has 7 heteroatoms. The molecule has 0 spiro atoms. The second-order valence-corrected chi connectivity index (χ2v) is 7.42. The molecule has 0 unspecified atom stereocenters. The molecule has 0 saturated heterocycles. The summed E-state index contributed by atoms with van der Waals surface area (Å²) in [6.45, 7) is 0.178. The van der Waals surface area contributed by atoms with Gasteiger partial charge in [-0.25, -0.2) is 9.78 Å². The van der Waals surface area contributed by atoms with E-state index in [9.17, 15) is 9.59 Å². The molecule has 1 atom stereocenters. The lowest BCUT2D eigenvalue weighted by atomic mass is 9.98. The van der Waals surface area contributed by atoms with Gasteiger partial charge in [0, 0.05) is 17.5 Å². The minimum atomic E-state index is -1.01. The van der Waals surface area contributed by atoms with Gasteiger partial charge in [-0.1, -0.05) is 48.5 Å². The number of carboxylic acids is 1. The predicted molar refractivity (Wildman–Crippen MR) is 105 cm³/mol. The minimum absolute atomic E-state index is 0.0454. The number of rotatable bonds is 6. The Kier molecular flexibility index (Phi) is 5.08. The van der Waals surface area contributed by atoms with Crippen molar-refractivity contribution in [2.45, 2.75) is 18.4 Å². The topological polar surface area (TPSA) is 88.5 Å². The number of ether oxygens (including phenoxy) is 1. The summed E-state index contributed by atoms with van der Waals surface area (Å²) in [6, 6.07) is 15.5. The van der Waals surface area contributed by atoms with Crippen molar-refractivity contribution in [1.29, 1.82) is 0 Å². The number of hydrogen-bond donors (Lipinski definition) is 2. The van der Waals surface area contributed by atoms with E-state index in [1.807, 2.05) is 36.4 Å². The summed E-state index contributed by atoms with van der Waals surface area (Å²) in [7, 11) is 0. The Morgan fingerprint density at radius 1 is 1.11 bits per heavy atom. The van der Waals surface area contributed by atoms with Crippen molar-refractivity contribution in [2.24, 2.45) is 0 Å². The molecule has 0 radical (unpaired) electrons. The third kappa shape index (κ3) is 3.61. The predicted octanol–water partition coefficient (Wildman–Crippen LogP) is 4.20. The SMILES string of the molecule is O=C(O)C[C@@H](NC(=O)OCC1c2ccccc2-c2ccccc21)c1nccs1. The molecule has 28 heavy (non-hydrogen) atoms. The second kappa shape index (κ2) is 7.82. The molecule has 1 aliphatic rings. The summed E-state index contributed by atoms with van der Waals surface area (Å²) in [5, 5.41) is 14.0. The Bertz CT molecular complexity index is 958. The Labute approximate surface area is 165 Å². The van der Waals surface area contributed by atoms with E-state index in [0.717, 1.165) is 22.3 Å². The van der Waals surface area contributed by atoms with Crippen molar-refractivity contribution < 1.29 is 19.4 Å². The molecular weight excluding hydrogens is 376 g/mol. The zero-order valence-electron chi connectivity index (χ0n) is 14.9. The first-order chi connectivity index (χ1) is 13.6. The van der Waals surface area contributed by atoms with Crippen LogP contribution in [0.25, 0.3) is 11.1 Å². The van der Waals surface area contributed by atoms with E-state index in [-0.39, 0.29) is 18.9 Å². The maximum absolute atomic E-state index is 12.4. The van der Waals surface area contributed by atoms with Crippen LogP contribution in [-0.2, 0) is 9.53 Å². The minimum Gasteiger partial charge on any atom is -0.481 e. The van der Waals surface area contributed by atoms with Crippen LogP contribution in [0.5, 0.6) is 0 Å². The molecule has 0 fully saturated rings. The average Bonchev–Trinajstić information content (AvgIpc) is 3.32. The molecule has 1 aliphatic carbocycles. The number of carbonyl (C=O) groups excluding carboxylic acids is 1. The van der Waals surface area contributed by atoms with Gasteiger partial charge < -0.3 is 15.2 Å². The number of benzene rings is 2. The third-order valence-electron chi connectivity index (χ3n) is 4.76. The van der Waals surface area contributed by atoms with Gasteiger partial charge in [-0.2, -0.15) is 0 Å². The number of alkyl carbamates (subject to hydrolysis) is 1. The number of fused-ring (bicyclic) bond motifs is 3. The first-order valence-corrected chi connectivity index (χ1v) is 9.74. The van der Waals surface area contributed by atoms with Gasteiger partial charge in [0.15, 0.2) is 0 Å². The van der Waals surface area contributed by atoms with Crippen molar-refractivity contribution >= 4 is 23.4 Å². The zero-order valence-corrected chi connectivity index (χ0v) is 15.7. The standard InChI is InChI=1S/C21H18N2O4S/c24-19(25)11-18(20-22-9-10-28-20)23-21(26)27-12-17-15-7-3-1-5-13(15)14-6-2-4-8-16(14)17/h1-10,17-18H,11-12H2,(H,23,26)(H,24,25)/t18-/m1/s1. The number of nitrogens with zero attached hydrogens (tertiary/aromatic N) is 1. The molecule has 2 N–H and O–H groups in total. The average molecular weight is 394 g/mol. The van der Waals surface area contributed by atoms with Crippen LogP contribution in [0.1, 0.15) is 34.5 Å². The Balaban J connectivity index is 1.47. The number of hydrogen-bond acceptors (Lipinski definition) is 5. The molecule has 0 aliphatic heterocycles. The van der Waals surface area contributed by atoms with Gasteiger partial charge >= 0.3 is 12.1 Å². The lowest BCUT2D eigenvalue weighted by molar-refractivity contribution is -0.137. The Hall–Kier alpha value is -3.19. The summed E-state index contributed by atoms with van der Waals surface area (Å²) >= 11 is 1.30. The highest BCUT2D eigenvalue weighted by molar-refractivity contribution is 7.09. The van der Waals surface area contributed by atoms with Crippen molar-refractivity contribution in [3.05, 3.63) is 76.2 Å².